The summed E-state index contributed by atoms with van der Waals surface area (Å²) < 4.78 is 6.22. The lowest BCUT2D eigenvalue weighted by molar-refractivity contribution is -0.384. The third-order valence-corrected chi connectivity index (χ3v) is 3.50. The molecule has 2 heterocycles. The van der Waals surface area contributed by atoms with Crippen LogP contribution in [0, 0.1) is 10.1 Å². The van der Waals surface area contributed by atoms with E-state index in [1.807, 2.05) is 13.8 Å². The van der Waals surface area contributed by atoms with E-state index in [0.29, 0.717) is 16.9 Å². The van der Waals surface area contributed by atoms with E-state index in [4.69, 9.17) is 4.74 Å². The van der Waals surface area contributed by atoms with Gasteiger partial charge in [-0.2, -0.15) is 0 Å². The van der Waals surface area contributed by atoms with E-state index < -0.39 is 4.92 Å². The number of nitrogens with zero attached hydrogens (tertiary/aromatic N) is 2. The smallest absolute Gasteiger partial charge is 0.312 e. The van der Waals surface area contributed by atoms with E-state index >= 15 is 0 Å². The van der Waals surface area contributed by atoms with Crippen LogP contribution in [0.3, 0.4) is 0 Å². The maximum atomic E-state index is 11.0. The van der Waals surface area contributed by atoms with Crippen molar-refractivity contribution in [1.29, 1.82) is 0 Å². The zero-order valence-electron chi connectivity index (χ0n) is 10.9. The lowest BCUT2D eigenvalue weighted by Gasteiger charge is -2.35. The molecule has 1 unspecified atom stereocenters. The highest BCUT2D eigenvalue weighted by Gasteiger charge is 2.30. The molecule has 0 aromatic carbocycles. The normalized spacial score (nSPS) is 21.9. The predicted octanol–water partition coefficient (Wildman–Crippen LogP) is 3.12. The summed E-state index contributed by atoms with van der Waals surface area (Å²) in [6.45, 7) is 4.68. The summed E-state index contributed by atoms with van der Waals surface area (Å²) in [5, 5.41) is 14.2. The van der Waals surface area contributed by atoms with Crippen molar-refractivity contribution < 1.29 is 9.66 Å². The molecule has 1 aromatic rings. The van der Waals surface area contributed by atoms with Crippen molar-refractivity contribution in [3.63, 3.8) is 0 Å². The van der Waals surface area contributed by atoms with Crippen LogP contribution in [-0.4, -0.2) is 28.2 Å². The van der Waals surface area contributed by atoms with Crippen molar-refractivity contribution >= 4 is 27.4 Å². The lowest BCUT2D eigenvalue weighted by Crippen LogP contribution is -2.40. The predicted molar refractivity (Wildman–Crippen MR) is 75.3 cm³/mol. The lowest BCUT2D eigenvalue weighted by atomic mass is 9.94. The summed E-state index contributed by atoms with van der Waals surface area (Å²) in [5.41, 5.74) is -0.223. The Morgan fingerprint density at radius 3 is 3.00 bits per heavy atom. The fourth-order valence-electron chi connectivity index (χ4n) is 2.23. The summed E-state index contributed by atoms with van der Waals surface area (Å²) in [4.78, 5) is 14.7. The fraction of sp³-hybridized carbons (Fsp3) is 0.583. The Bertz CT molecular complexity index is 493. The molecule has 1 aliphatic rings. The maximum Gasteiger partial charge on any atom is 0.312 e. The molecular weight excluding hydrogens is 314 g/mol. The Balaban J connectivity index is 2.17. The highest BCUT2D eigenvalue weighted by atomic mass is 79.9. The van der Waals surface area contributed by atoms with Gasteiger partial charge in [-0.1, -0.05) is 0 Å². The first-order valence-electron chi connectivity index (χ1n) is 6.08. The molecule has 0 bridgehead atoms. The van der Waals surface area contributed by atoms with Gasteiger partial charge in [-0.25, -0.2) is 4.98 Å². The van der Waals surface area contributed by atoms with Crippen LogP contribution in [-0.2, 0) is 4.74 Å². The Kier molecular flexibility index (Phi) is 4.05. The minimum atomic E-state index is -0.426. The van der Waals surface area contributed by atoms with Gasteiger partial charge >= 0.3 is 5.69 Å². The molecule has 1 fully saturated rings. The van der Waals surface area contributed by atoms with Gasteiger partial charge in [-0.3, -0.25) is 10.1 Å². The van der Waals surface area contributed by atoms with Crippen LogP contribution in [0.4, 0.5) is 11.5 Å². The molecular formula is C12H16BrN3O3. The molecule has 0 radical (unpaired) electrons. The highest BCUT2D eigenvalue weighted by Crippen LogP contribution is 2.30. The number of nitro groups is 1. The standard InChI is InChI=1S/C12H16BrN3O3/c1-12(2)6-9(3-4-19-12)15-11-10(16(17)18)5-8(13)7-14-11/h5,7,9H,3-4,6H2,1-2H3,(H,14,15). The number of rotatable bonds is 3. The van der Waals surface area contributed by atoms with Gasteiger partial charge in [-0.15, -0.1) is 0 Å². The van der Waals surface area contributed by atoms with Crippen molar-refractivity contribution in [2.75, 3.05) is 11.9 Å². The van der Waals surface area contributed by atoms with Gasteiger partial charge < -0.3 is 10.1 Å². The van der Waals surface area contributed by atoms with E-state index in [0.717, 1.165) is 12.8 Å². The van der Waals surface area contributed by atoms with Gasteiger partial charge in [0.2, 0.25) is 5.82 Å². The van der Waals surface area contributed by atoms with Crippen molar-refractivity contribution in [2.24, 2.45) is 0 Å². The molecule has 1 aliphatic heterocycles. The second-order valence-corrected chi connectivity index (χ2v) is 6.14. The van der Waals surface area contributed by atoms with Crippen LogP contribution in [0.1, 0.15) is 26.7 Å². The van der Waals surface area contributed by atoms with Crippen LogP contribution in [0.25, 0.3) is 0 Å². The molecule has 2 rings (SSSR count). The fourth-order valence-corrected chi connectivity index (χ4v) is 2.55. The van der Waals surface area contributed by atoms with Gasteiger partial charge in [0.1, 0.15) is 0 Å². The van der Waals surface area contributed by atoms with Crippen LogP contribution < -0.4 is 5.32 Å². The number of nitrogens with one attached hydrogen (secondary N) is 1. The molecule has 0 saturated carbocycles. The van der Waals surface area contributed by atoms with E-state index in [1.54, 1.807) is 6.20 Å². The van der Waals surface area contributed by atoms with Crippen molar-refractivity contribution in [3.8, 4) is 0 Å². The minimum Gasteiger partial charge on any atom is -0.375 e. The molecule has 1 saturated heterocycles. The van der Waals surface area contributed by atoms with Gasteiger partial charge in [0.05, 0.1) is 10.5 Å². The Labute approximate surface area is 119 Å². The molecule has 0 amide bonds. The highest BCUT2D eigenvalue weighted by molar-refractivity contribution is 9.10. The number of halogens is 1. The number of pyridine rings is 1. The first-order chi connectivity index (χ1) is 8.87. The monoisotopic (exact) mass is 329 g/mol. The maximum absolute atomic E-state index is 11.0. The Morgan fingerprint density at radius 2 is 2.37 bits per heavy atom. The Morgan fingerprint density at radius 1 is 1.63 bits per heavy atom. The van der Waals surface area contributed by atoms with Crippen molar-refractivity contribution in [1.82, 2.24) is 4.98 Å². The van der Waals surface area contributed by atoms with Crippen LogP contribution in [0.2, 0.25) is 0 Å². The molecule has 7 heteroatoms. The second kappa shape index (κ2) is 5.42. The summed E-state index contributed by atoms with van der Waals surface area (Å²) in [6.07, 6.45) is 3.17. The number of hydrogen-bond donors (Lipinski definition) is 1. The molecule has 1 atom stereocenters. The number of aromatic nitrogens is 1. The molecule has 1 aromatic heterocycles. The zero-order chi connectivity index (χ0) is 14.0. The summed E-state index contributed by atoms with van der Waals surface area (Å²) in [5.74, 6) is 0.316. The molecule has 104 valence electrons. The molecule has 19 heavy (non-hydrogen) atoms. The third-order valence-electron chi connectivity index (χ3n) is 3.07. The first kappa shape index (κ1) is 14.2. The average molecular weight is 330 g/mol. The molecule has 0 aliphatic carbocycles. The van der Waals surface area contributed by atoms with Crippen LogP contribution >= 0.6 is 15.9 Å². The van der Waals surface area contributed by atoms with E-state index in [-0.39, 0.29) is 17.3 Å². The third kappa shape index (κ3) is 3.63. The van der Waals surface area contributed by atoms with Crippen LogP contribution in [0.5, 0.6) is 0 Å². The number of hydrogen-bond acceptors (Lipinski definition) is 5. The molecule has 0 spiro atoms. The number of anilines is 1. The second-order valence-electron chi connectivity index (χ2n) is 5.22. The summed E-state index contributed by atoms with van der Waals surface area (Å²) in [6, 6.07) is 1.59. The van der Waals surface area contributed by atoms with E-state index in [2.05, 4.69) is 26.2 Å². The molecule has 6 nitrogen and oxygen atoms in total. The van der Waals surface area contributed by atoms with Crippen molar-refractivity contribution in [2.45, 2.75) is 38.3 Å². The number of ether oxygens (including phenoxy) is 1. The summed E-state index contributed by atoms with van der Waals surface area (Å²) in [7, 11) is 0. The van der Waals surface area contributed by atoms with Gasteiger partial charge in [0.15, 0.2) is 0 Å². The molecule has 1 N–H and O–H groups in total. The first-order valence-corrected chi connectivity index (χ1v) is 6.87. The minimum absolute atomic E-state index is 0.0151. The van der Waals surface area contributed by atoms with Gasteiger partial charge in [0.25, 0.3) is 0 Å². The van der Waals surface area contributed by atoms with Gasteiger partial charge in [-0.05, 0) is 42.6 Å². The zero-order valence-corrected chi connectivity index (χ0v) is 12.4. The Hall–Kier alpha value is -1.21. The average Bonchev–Trinajstić information content (AvgIpc) is 2.30. The quantitative estimate of drug-likeness (QED) is 0.680. The van der Waals surface area contributed by atoms with Gasteiger partial charge in [0, 0.05) is 29.4 Å². The topological polar surface area (TPSA) is 77.3 Å². The van der Waals surface area contributed by atoms with Crippen molar-refractivity contribution in [3.05, 3.63) is 26.9 Å². The van der Waals surface area contributed by atoms with E-state index in [1.165, 1.54) is 6.07 Å². The van der Waals surface area contributed by atoms with Crippen LogP contribution in [0.15, 0.2) is 16.7 Å². The SMILES string of the molecule is CC1(C)CC(Nc2ncc(Br)cc2[N+](=O)[O-])CCO1. The largest absolute Gasteiger partial charge is 0.375 e. The summed E-state index contributed by atoms with van der Waals surface area (Å²) >= 11 is 3.19. The van der Waals surface area contributed by atoms with E-state index in [9.17, 15) is 10.1 Å².